The van der Waals surface area contributed by atoms with Crippen molar-refractivity contribution in [1.82, 2.24) is 4.57 Å². The lowest BCUT2D eigenvalue weighted by Gasteiger charge is -2.22. The van der Waals surface area contributed by atoms with E-state index in [2.05, 4.69) is 10.3 Å². The number of non-ortho nitro benzene ring substituents is 2. The molecule has 4 rings (SSSR count). The van der Waals surface area contributed by atoms with Crippen LogP contribution in [0.4, 0.5) is 11.4 Å². The molecule has 1 aliphatic rings. The van der Waals surface area contributed by atoms with Gasteiger partial charge in [-0.2, -0.15) is 0 Å². The van der Waals surface area contributed by atoms with Gasteiger partial charge in [0.15, 0.2) is 0 Å². The Balaban J connectivity index is 2.07. The molecule has 1 aliphatic carbocycles. The topological polar surface area (TPSA) is 169 Å². The number of rotatable bonds is 11. The molecule has 1 aromatic heterocycles. The largest absolute Gasteiger partial charge is 0.331 e. The summed E-state index contributed by atoms with van der Waals surface area (Å²) in [6.07, 6.45) is 6.66. The van der Waals surface area contributed by atoms with Gasteiger partial charge in [0.05, 0.1) is 21.3 Å². The number of aryl methyl sites for hydroxylation is 1. The molecule has 0 bridgehead atoms. The van der Waals surface area contributed by atoms with Crippen molar-refractivity contribution in [3.05, 3.63) is 55.6 Å². The van der Waals surface area contributed by atoms with Gasteiger partial charge < -0.3 is 14.2 Å². The zero-order valence-corrected chi connectivity index (χ0v) is 24.8. The maximum Gasteiger partial charge on any atom is 0.331 e. The summed E-state index contributed by atoms with van der Waals surface area (Å²) >= 11 is 0. The molecule has 13 nitrogen and oxygen atoms in total. The van der Waals surface area contributed by atoms with Crippen LogP contribution in [0.3, 0.4) is 0 Å². The minimum absolute atomic E-state index is 0.222. The summed E-state index contributed by atoms with van der Waals surface area (Å²) in [5.74, 6) is -0.976. The average Bonchev–Trinajstić information content (AvgIpc) is 3.29. The first-order valence-corrected chi connectivity index (χ1v) is 14.5. The van der Waals surface area contributed by atoms with Crippen LogP contribution in [0, 0.1) is 26.1 Å². The number of nitro benzene ring substituents is 2. The summed E-state index contributed by atoms with van der Waals surface area (Å²) in [6.45, 7) is 6.31. The van der Waals surface area contributed by atoms with Crippen LogP contribution in [0.15, 0.2) is 34.6 Å². The molecule has 0 spiro atoms. The molecule has 228 valence electrons. The maximum atomic E-state index is 12.5. The fraction of sp³-hybridized carbons (Fsp3) is 0.467. The van der Waals surface area contributed by atoms with Crippen LogP contribution in [-0.2, 0) is 25.8 Å². The summed E-state index contributed by atoms with van der Waals surface area (Å²) in [6, 6.07) is 6.16. The van der Waals surface area contributed by atoms with Crippen molar-refractivity contribution in [3.8, 4) is 0 Å². The molecule has 0 aliphatic heterocycles. The standard InChI is InChI=1S/C30H35N5O8/c1-5-10-25(31-42-18(3)36)21-14-23-24-15-22(26(32-43-19(4)37)13-20-11-8-7-9-12-20)17-28(35(40)41)30(24)33(6-2)29(23)27(16-21)34(38)39/h14-17,20H,5-13H2,1-4H3/b31-25+,32-26+. The van der Waals surface area contributed by atoms with E-state index in [9.17, 15) is 29.8 Å². The Morgan fingerprint density at radius 2 is 1.33 bits per heavy atom. The molecule has 0 saturated heterocycles. The van der Waals surface area contributed by atoms with E-state index in [1.54, 1.807) is 23.6 Å². The van der Waals surface area contributed by atoms with E-state index in [4.69, 9.17) is 9.68 Å². The van der Waals surface area contributed by atoms with E-state index in [1.807, 2.05) is 6.92 Å². The van der Waals surface area contributed by atoms with Crippen molar-refractivity contribution >= 4 is 56.5 Å². The summed E-state index contributed by atoms with van der Waals surface area (Å²) in [5.41, 5.74) is 1.44. The fourth-order valence-electron chi connectivity index (χ4n) is 5.85. The van der Waals surface area contributed by atoms with Gasteiger partial charge in [0.2, 0.25) is 0 Å². The van der Waals surface area contributed by atoms with Gasteiger partial charge in [-0.05, 0) is 37.8 Å². The third-order valence-electron chi connectivity index (χ3n) is 7.65. The Hall–Kier alpha value is -4.68. The molecule has 2 aromatic carbocycles. The number of carbonyl (C=O) groups is 2. The predicted octanol–water partition coefficient (Wildman–Crippen LogP) is 6.94. The first kappa shape index (κ1) is 31.3. The van der Waals surface area contributed by atoms with Crippen LogP contribution < -0.4 is 0 Å². The monoisotopic (exact) mass is 593 g/mol. The highest BCUT2D eigenvalue weighted by Gasteiger charge is 2.29. The molecular formula is C30H35N5O8. The second kappa shape index (κ2) is 13.5. The van der Waals surface area contributed by atoms with Crippen molar-refractivity contribution in [2.75, 3.05) is 0 Å². The normalized spacial score (nSPS) is 14.7. The minimum atomic E-state index is -0.635. The van der Waals surface area contributed by atoms with Gasteiger partial charge in [-0.1, -0.05) is 55.8 Å². The van der Waals surface area contributed by atoms with Crippen LogP contribution in [0.1, 0.15) is 90.2 Å². The molecule has 0 radical (unpaired) electrons. The van der Waals surface area contributed by atoms with Crippen molar-refractivity contribution in [3.63, 3.8) is 0 Å². The van der Waals surface area contributed by atoms with Gasteiger partial charge in [0.25, 0.3) is 11.4 Å². The summed E-state index contributed by atoms with van der Waals surface area (Å²) < 4.78 is 1.57. The molecule has 3 aromatic rings. The van der Waals surface area contributed by atoms with E-state index < -0.39 is 21.8 Å². The second-order valence-corrected chi connectivity index (χ2v) is 10.7. The highest BCUT2D eigenvalue weighted by Crippen LogP contribution is 2.41. The van der Waals surface area contributed by atoms with Crippen molar-refractivity contribution in [1.29, 1.82) is 0 Å². The number of hydrogen-bond donors (Lipinski definition) is 0. The lowest BCUT2D eigenvalue weighted by molar-refractivity contribution is -0.383. The smallest absolute Gasteiger partial charge is 0.330 e. The highest BCUT2D eigenvalue weighted by atomic mass is 16.7. The van der Waals surface area contributed by atoms with Crippen molar-refractivity contribution in [2.45, 2.75) is 85.6 Å². The van der Waals surface area contributed by atoms with Crippen LogP contribution in [-0.4, -0.2) is 37.8 Å². The average molecular weight is 594 g/mol. The second-order valence-electron chi connectivity index (χ2n) is 10.7. The van der Waals surface area contributed by atoms with Crippen molar-refractivity contribution in [2.24, 2.45) is 16.2 Å². The quantitative estimate of drug-likeness (QED) is 0.0996. The van der Waals surface area contributed by atoms with Gasteiger partial charge in [-0.3, -0.25) is 20.2 Å². The van der Waals surface area contributed by atoms with Crippen molar-refractivity contribution < 1.29 is 29.1 Å². The Labute approximate surface area is 247 Å². The number of carbonyl (C=O) groups excluding carboxylic acids is 2. The summed E-state index contributed by atoms with van der Waals surface area (Å²) in [7, 11) is 0. The fourth-order valence-corrected chi connectivity index (χ4v) is 5.85. The maximum absolute atomic E-state index is 12.5. The van der Waals surface area contributed by atoms with Crippen LogP contribution in [0.25, 0.3) is 21.8 Å². The van der Waals surface area contributed by atoms with Gasteiger partial charge in [0, 0.05) is 54.4 Å². The van der Waals surface area contributed by atoms with Crippen LogP contribution in [0.2, 0.25) is 0 Å². The first-order chi connectivity index (χ1) is 20.5. The van der Waals surface area contributed by atoms with E-state index in [0.717, 1.165) is 32.1 Å². The molecule has 1 saturated carbocycles. The molecule has 0 N–H and O–H groups in total. The predicted molar refractivity (Wildman–Crippen MR) is 161 cm³/mol. The summed E-state index contributed by atoms with van der Waals surface area (Å²) in [4.78, 5) is 56.9. The Morgan fingerprint density at radius 1 is 0.837 bits per heavy atom. The lowest BCUT2D eigenvalue weighted by atomic mass is 9.84. The molecular weight excluding hydrogens is 558 g/mol. The number of nitrogens with zero attached hydrogens (tertiary/aromatic N) is 5. The Kier molecular flexibility index (Phi) is 9.84. The Morgan fingerprint density at radius 3 is 1.77 bits per heavy atom. The molecule has 0 unspecified atom stereocenters. The van der Waals surface area contributed by atoms with Crippen LogP contribution >= 0.6 is 0 Å². The molecule has 1 heterocycles. The number of aromatic nitrogens is 1. The van der Waals surface area contributed by atoms with E-state index in [1.165, 1.54) is 26.0 Å². The Bertz CT molecular complexity index is 1650. The highest BCUT2D eigenvalue weighted by molar-refractivity contribution is 6.18. The lowest BCUT2D eigenvalue weighted by Crippen LogP contribution is -2.14. The number of benzene rings is 2. The van der Waals surface area contributed by atoms with Gasteiger partial charge >= 0.3 is 11.9 Å². The van der Waals surface area contributed by atoms with E-state index in [0.29, 0.717) is 52.6 Å². The molecule has 1 fully saturated rings. The van der Waals surface area contributed by atoms with Crippen LogP contribution in [0.5, 0.6) is 0 Å². The zero-order chi connectivity index (χ0) is 31.3. The molecule has 0 atom stereocenters. The minimum Gasteiger partial charge on any atom is -0.330 e. The van der Waals surface area contributed by atoms with Gasteiger partial charge in [0.1, 0.15) is 11.0 Å². The zero-order valence-electron chi connectivity index (χ0n) is 24.8. The molecule has 13 heteroatoms. The van der Waals surface area contributed by atoms with E-state index >= 15 is 0 Å². The third kappa shape index (κ3) is 6.87. The number of nitro groups is 2. The molecule has 43 heavy (non-hydrogen) atoms. The number of oxime groups is 2. The van der Waals surface area contributed by atoms with Gasteiger partial charge in [-0.25, -0.2) is 9.59 Å². The number of fused-ring (bicyclic) bond motifs is 3. The third-order valence-corrected chi connectivity index (χ3v) is 7.65. The number of hydrogen-bond acceptors (Lipinski definition) is 10. The SMILES string of the molecule is CCC/C(=N\OC(C)=O)c1cc([N+](=O)[O-])c2c(c1)c1cc(/C(CC3CCCCC3)=N/OC(C)=O)cc([N+](=O)[O-])c1n2CC. The summed E-state index contributed by atoms with van der Waals surface area (Å²) in [5, 5.41) is 33.8. The first-order valence-electron chi connectivity index (χ1n) is 14.5. The van der Waals surface area contributed by atoms with Gasteiger partial charge in [-0.15, -0.1) is 0 Å². The molecule has 0 amide bonds. The van der Waals surface area contributed by atoms with E-state index in [-0.39, 0.29) is 34.9 Å².